The first-order chi connectivity index (χ1) is 10.1. The molecule has 0 spiro atoms. The molecule has 2 aromatic heterocycles. The van der Waals surface area contributed by atoms with E-state index in [4.69, 9.17) is 0 Å². The molecule has 0 unspecified atom stereocenters. The van der Waals surface area contributed by atoms with Gasteiger partial charge in [0, 0.05) is 25.0 Å². The molecule has 0 N–H and O–H groups in total. The van der Waals surface area contributed by atoms with Crippen LogP contribution in [0, 0.1) is 10.1 Å². The van der Waals surface area contributed by atoms with Crippen LogP contribution in [0.1, 0.15) is 19.8 Å². The zero-order valence-electron chi connectivity index (χ0n) is 11.6. The molecule has 0 radical (unpaired) electrons. The van der Waals surface area contributed by atoms with E-state index >= 15 is 0 Å². The van der Waals surface area contributed by atoms with E-state index in [1.807, 2.05) is 6.07 Å². The number of anilines is 2. The molecular weight excluding hydrogens is 336 g/mol. The Balaban J connectivity index is 2.51. The Morgan fingerprint density at radius 3 is 2.52 bits per heavy atom. The Hall–Kier alpha value is -2.02. The number of pyridine rings is 2. The molecule has 0 saturated heterocycles. The molecule has 0 aliphatic carbocycles. The van der Waals surface area contributed by atoms with Crippen molar-refractivity contribution in [1.29, 1.82) is 0 Å². The van der Waals surface area contributed by atoms with Gasteiger partial charge in [0.15, 0.2) is 0 Å². The van der Waals surface area contributed by atoms with Gasteiger partial charge in [0.2, 0.25) is 5.82 Å². The number of nitrogens with zero attached hydrogens (tertiary/aromatic N) is 4. The SMILES string of the molecule is CCCCN(c1ncccc1Br)c1ncccc1[N+](=O)[O-]. The molecule has 0 aromatic carbocycles. The van der Waals surface area contributed by atoms with Crippen LogP contribution >= 0.6 is 15.9 Å². The van der Waals surface area contributed by atoms with E-state index in [9.17, 15) is 10.1 Å². The molecule has 2 rings (SSSR count). The first-order valence-corrected chi connectivity index (χ1v) is 7.42. The third-order valence-electron chi connectivity index (χ3n) is 2.95. The fourth-order valence-corrected chi connectivity index (χ4v) is 2.41. The smallest absolute Gasteiger partial charge is 0.304 e. The minimum absolute atomic E-state index is 0.0221. The average Bonchev–Trinajstić information content (AvgIpc) is 2.49. The Labute approximate surface area is 131 Å². The molecule has 110 valence electrons. The average molecular weight is 351 g/mol. The van der Waals surface area contributed by atoms with E-state index < -0.39 is 4.92 Å². The summed E-state index contributed by atoms with van der Waals surface area (Å²) >= 11 is 3.45. The van der Waals surface area contributed by atoms with Crippen LogP contribution in [0.3, 0.4) is 0 Å². The van der Waals surface area contributed by atoms with Gasteiger partial charge >= 0.3 is 5.69 Å². The fourth-order valence-electron chi connectivity index (χ4n) is 1.94. The topological polar surface area (TPSA) is 72.2 Å². The van der Waals surface area contributed by atoms with Gasteiger partial charge < -0.3 is 4.90 Å². The molecule has 0 fully saturated rings. The largest absolute Gasteiger partial charge is 0.311 e. The van der Waals surface area contributed by atoms with Crippen molar-refractivity contribution < 1.29 is 4.92 Å². The van der Waals surface area contributed by atoms with Crippen LogP contribution in [-0.2, 0) is 0 Å². The maximum Gasteiger partial charge on any atom is 0.311 e. The number of hydrogen-bond acceptors (Lipinski definition) is 5. The number of halogens is 1. The Morgan fingerprint density at radius 2 is 1.90 bits per heavy atom. The van der Waals surface area contributed by atoms with Crippen molar-refractivity contribution in [3.05, 3.63) is 51.2 Å². The Bertz CT molecular complexity index is 636. The van der Waals surface area contributed by atoms with Crippen LogP contribution in [0.15, 0.2) is 41.1 Å². The second-order valence-electron chi connectivity index (χ2n) is 4.42. The highest BCUT2D eigenvalue weighted by atomic mass is 79.9. The van der Waals surface area contributed by atoms with Gasteiger partial charge in [-0.2, -0.15) is 0 Å². The highest BCUT2D eigenvalue weighted by Crippen LogP contribution is 2.34. The van der Waals surface area contributed by atoms with Crippen molar-refractivity contribution in [3.63, 3.8) is 0 Å². The quantitative estimate of drug-likeness (QED) is 0.579. The number of rotatable bonds is 6. The third-order valence-corrected chi connectivity index (χ3v) is 3.57. The van der Waals surface area contributed by atoms with Crippen LogP contribution in [-0.4, -0.2) is 21.4 Å². The summed E-state index contributed by atoms with van der Waals surface area (Å²) in [6.07, 6.45) is 5.07. The molecule has 2 aromatic rings. The first kappa shape index (κ1) is 15.4. The van der Waals surface area contributed by atoms with E-state index in [0.717, 1.165) is 17.3 Å². The van der Waals surface area contributed by atoms with Crippen LogP contribution in [0.4, 0.5) is 17.3 Å². The fraction of sp³-hybridized carbons (Fsp3) is 0.286. The van der Waals surface area contributed by atoms with Crippen molar-refractivity contribution >= 4 is 33.3 Å². The first-order valence-electron chi connectivity index (χ1n) is 6.62. The zero-order valence-corrected chi connectivity index (χ0v) is 13.2. The molecule has 0 saturated carbocycles. The molecule has 0 bridgehead atoms. The van der Waals surface area contributed by atoms with Gasteiger partial charge in [0.25, 0.3) is 0 Å². The molecule has 0 atom stereocenters. The van der Waals surface area contributed by atoms with Gasteiger partial charge in [-0.3, -0.25) is 10.1 Å². The van der Waals surface area contributed by atoms with Crippen LogP contribution in [0.25, 0.3) is 0 Å². The third kappa shape index (κ3) is 3.55. The van der Waals surface area contributed by atoms with Crippen molar-refractivity contribution in [2.24, 2.45) is 0 Å². The van der Waals surface area contributed by atoms with E-state index in [-0.39, 0.29) is 5.69 Å². The van der Waals surface area contributed by atoms with Crippen molar-refractivity contribution in [3.8, 4) is 0 Å². The van der Waals surface area contributed by atoms with E-state index in [1.165, 1.54) is 6.07 Å². The second-order valence-corrected chi connectivity index (χ2v) is 5.27. The van der Waals surface area contributed by atoms with Crippen LogP contribution in [0.5, 0.6) is 0 Å². The summed E-state index contributed by atoms with van der Waals surface area (Å²) in [6, 6.07) is 6.68. The Kier molecular flexibility index (Phi) is 5.21. The molecule has 2 heterocycles. The normalized spacial score (nSPS) is 10.4. The predicted molar refractivity (Wildman–Crippen MR) is 84.7 cm³/mol. The summed E-state index contributed by atoms with van der Waals surface area (Å²) in [7, 11) is 0. The molecule has 21 heavy (non-hydrogen) atoms. The minimum Gasteiger partial charge on any atom is -0.304 e. The summed E-state index contributed by atoms with van der Waals surface area (Å²) in [5, 5.41) is 11.2. The zero-order chi connectivity index (χ0) is 15.2. The number of nitro groups is 1. The van der Waals surface area contributed by atoms with Gasteiger partial charge in [-0.15, -0.1) is 0 Å². The van der Waals surface area contributed by atoms with Crippen LogP contribution < -0.4 is 4.90 Å². The lowest BCUT2D eigenvalue weighted by Gasteiger charge is -2.23. The maximum atomic E-state index is 11.2. The molecule has 7 heteroatoms. The van der Waals surface area contributed by atoms with E-state index in [0.29, 0.717) is 18.2 Å². The summed E-state index contributed by atoms with van der Waals surface area (Å²) in [6.45, 7) is 2.68. The van der Waals surface area contributed by atoms with Crippen molar-refractivity contribution in [2.45, 2.75) is 19.8 Å². The molecule has 0 amide bonds. The van der Waals surface area contributed by atoms with Crippen molar-refractivity contribution in [2.75, 3.05) is 11.4 Å². The summed E-state index contributed by atoms with van der Waals surface area (Å²) in [4.78, 5) is 21.1. The lowest BCUT2D eigenvalue weighted by Crippen LogP contribution is -2.22. The van der Waals surface area contributed by atoms with Gasteiger partial charge in [-0.25, -0.2) is 9.97 Å². The lowest BCUT2D eigenvalue weighted by atomic mass is 10.2. The summed E-state index contributed by atoms with van der Waals surface area (Å²) in [5.41, 5.74) is -0.0221. The van der Waals surface area contributed by atoms with Gasteiger partial charge in [-0.1, -0.05) is 13.3 Å². The molecule has 0 aliphatic heterocycles. The van der Waals surface area contributed by atoms with Gasteiger partial charge in [-0.05, 0) is 40.5 Å². The second kappa shape index (κ2) is 7.12. The van der Waals surface area contributed by atoms with E-state index in [2.05, 4.69) is 32.8 Å². The highest BCUT2D eigenvalue weighted by Gasteiger charge is 2.23. The number of hydrogen-bond donors (Lipinski definition) is 0. The Morgan fingerprint density at radius 1 is 1.24 bits per heavy atom. The monoisotopic (exact) mass is 350 g/mol. The summed E-state index contributed by atoms with van der Waals surface area (Å²) in [5.74, 6) is 0.947. The van der Waals surface area contributed by atoms with Gasteiger partial charge in [0.1, 0.15) is 5.82 Å². The molecular formula is C14H15BrN4O2. The minimum atomic E-state index is -0.419. The molecule has 6 nitrogen and oxygen atoms in total. The van der Waals surface area contributed by atoms with Crippen molar-refractivity contribution in [1.82, 2.24) is 9.97 Å². The standard InChI is InChI=1S/C14H15BrN4O2/c1-2-3-10-18(13-11(15)6-4-8-16-13)14-12(19(20)21)7-5-9-17-14/h4-9H,2-3,10H2,1H3. The molecule has 0 aliphatic rings. The van der Waals surface area contributed by atoms with Gasteiger partial charge in [0.05, 0.1) is 9.40 Å². The van der Waals surface area contributed by atoms with Crippen LogP contribution in [0.2, 0.25) is 0 Å². The number of unbranched alkanes of at least 4 members (excludes halogenated alkanes) is 1. The lowest BCUT2D eigenvalue weighted by molar-refractivity contribution is -0.384. The van der Waals surface area contributed by atoms with E-state index in [1.54, 1.807) is 29.4 Å². The summed E-state index contributed by atoms with van der Waals surface area (Å²) < 4.78 is 0.779. The predicted octanol–water partition coefficient (Wildman–Crippen LogP) is 4.09. The maximum absolute atomic E-state index is 11.2. The number of aromatic nitrogens is 2. The highest BCUT2D eigenvalue weighted by molar-refractivity contribution is 9.10.